The van der Waals surface area contributed by atoms with E-state index in [-0.39, 0.29) is 22.5 Å². The Kier molecular flexibility index (Phi) is 4.54. The molecule has 0 aliphatic carbocycles. The van der Waals surface area contributed by atoms with Gasteiger partial charge >= 0.3 is 5.69 Å². The summed E-state index contributed by atoms with van der Waals surface area (Å²) < 4.78 is 5.07. The highest BCUT2D eigenvalue weighted by molar-refractivity contribution is 6.28. The first-order chi connectivity index (χ1) is 10.0. The fourth-order valence-electron chi connectivity index (χ4n) is 1.80. The van der Waals surface area contributed by atoms with Gasteiger partial charge in [0.25, 0.3) is 0 Å². The van der Waals surface area contributed by atoms with Crippen molar-refractivity contribution in [2.24, 2.45) is 0 Å². The Hall–Kier alpha value is -2.41. The summed E-state index contributed by atoms with van der Waals surface area (Å²) in [5, 5.41) is 14.0. The van der Waals surface area contributed by atoms with Crippen LogP contribution >= 0.6 is 11.6 Å². The SMILES string of the molecule is COc1ccc(CNc2nc(Cl)nc(C)c2[N+](=O)[O-])cc1. The second-order valence-electron chi connectivity index (χ2n) is 4.23. The van der Waals surface area contributed by atoms with Gasteiger partial charge in [0.1, 0.15) is 11.4 Å². The Morgan fingerprint density at radius 3 is 2.57 bits per heavy atom. The van der Waals surface area contributed by atoms with E-state index in [1.807, 2.05) is 24.3 Å². The van der Waals surface area contributed by atoms with Gasteiger partial charge in [0.15, 0.2) is 0 Å². The summed E-state index contributed by atoms with van der Waals surface area (Å²) in [5.41, 5.74) is 0.975. The number of nitro groups is 1. The van der Waals surface area contributed by atoms with Crippen LogP contribution in [0.4, 0.5) is 11.5 Å². The van der Waals surface area contributed by atoms with Gasteiger partial charge in [-0.05, 0) is 36.2 Å². The normalized spacial score (nSPS) is 10.2. The van der Waals surface area contributed by atoms with Crippen molar-refractivity contribution in [2.75, 3.05) is 12.4 Å². The second-order valence-corrected chi connectivity index (χ2v) is 4.57. The number of anilines is 1. The van der Waals surface area contributed by atoms with Crippen molar-refractivity contribution in [3.63, 3.8) is 0 Å². The van der Waals surface area contributed by atoms with E-state index in [2.05, 4.69) is 15.3 Å². The molecule has 2 rings (SSSR count). The Labute approximate surface area is 126 Å². The lowest BCUT2D eigenvalue weighted by Gasteiger charge is -2.08. The van der Waals surface area contributed by atoms with Crippen LogP contribution in [0.15, 0.2) is 24.3 Å². The number of nitrogens with one attached hydrogen (secondary N) is 1. The number of benzene rings is 1. The predicted molar refractivity (Wildman–Crippen MR) is 78.8 cm³/mol. The second kappa shape index (κ2) is 6.36. The molecule has 0 saturated heterocycles. The van der Waals surface area contributed by atoms with Gasteiger partial charge < -0.3 is 10.1 Å². The van der Waals surface area contributed by atoms with Crippen molar-refractivity contribution in [1.82, 2.24) is 9.97 Å². The number of methoxy groups -OCH3 is 1. The summed E-state index contributed by atoms with van der Waals surface area (Å²) in [6.07, 6.45) is 0. The molecule has 0 unspecified atom stereocenters. The van der Waals surface area contributed by atoms with E-state index in [4.69, 9.17) is 16.3 Å². The molecule has 0 bridgehead atoms. The summed E-state index contributed by atoms with van der Waals surface area (Å²) in [5.74, 6) is 0.846. The molecule has 1 heterocycles. The average molecular weight is 309 g/mol. The molecule has 1 aromatic heterocycles. The quantitative estimate of drug-likeness (QED) is 0.519. The lowest BCUT2D eigenvalue weighted by molar-refractivity contribution is -0.385. The zero-order valence-corrected chi connectivity index (χ0v) is 12.2. The Balaban J connectivity index is 2.20. The van der Waals surface area contributed by atoms with E-state index in [0.29, 0.717) is 6.54 Å². The molecule has 0 aliphatic rings. The zero-order chi connectivity index (χ0) is 15.4. The van der Waals surface area contributed by atoms with E-state index in [0.717, 1.165) is 11.3 Å². The number of halogens is 1. The van der Waals surface area contributed by atoms with Crippen LogP contribution in [-0.4, -0.2) is 22.0 Å². The van der Waals surface area contributed by atoms with Crippen LogP contribution < -0.4 is 10.1 Å². The molecule has 0 spiro atoms. The molecular weight excluding hydrogens is 296 g/mol. The van der Waals surface area contributed by atoms with Gasteiger partial charge in [0.05, 0.1) is 12.0 Å². The van der Waals surface area contributed by atoms with Gasteiger partial charge in [0, 0.05) is 6.54 Å². The molecule has 1 aromatic carbocycles. The first-order valence-corrected chi connectivity index (χ1v) is 6.44. The number of rotatable bonds is 5. The number of ether oxygens (including phenoxy) is 1. The van der Waals surface area contributed by atoms with Gasteiger partial charge in [0.2, 0.25) is 11.1 Å². The number of aryl methyl sites for hydroxylation is 1. The maximum atomic E-state index is 11.1. The minimum Gasteiger partial charge on any atom is -0.497 e. The summed E-state index contributed by atoms with van der Waals surface area (Å²) in [4.78, 5) is 18.2. The Morgan fingerprint density at radius 2 is 2.00 bits per heavy atom. The van der Waals surface area contributed by atoms with Crippen LogP contribution in [-0.2, 0) is 6.54 Å². The third kappa shape index (κ3) is 3.57. The molecule has 0 fully saturated rings. The van der Waals surface area contributed by atoms with Crippen LogP contribution in [0.5, 0.6) is 5.75 Å². The van der Waals surface area contributed by atoms with Crippen LogP contribution in [0.3, 0.4) is 0 Å². The van der Waals surface area contributed by atoms with Gasteiger partial charge in [-0.15, -0.1) is 0 Å². The van der Waals surface area contributed by atoms with E-state index in [9.17, 15) is 10.1 Å². The number of hydrogen-bond acceptors (Lipinski definition) is 6. The highest BCUT2D eigenvalue weighted by Gasteiger charge is 2.21. The zero-order valence-electron chi connectivity index (χ0n) is 11.5. The molecule has 0 radical (unpaired) electrons. The van der Waals surface area contributed by atoms with Crippen molar-refractivity contribution < 1.29 is 9.66 Å². The monoisotopic (exact) mass is 308 g/mol. The van der Waals surface area contributed by atoms with Crippen molar-refractivity contribution in [3.05, 3.63) is 50.9 Å². The van der Waals surface area contributed by atoms with Gasteiger partial charge in [-0.3, -0.25) is 10.1 Å². The van der Waals surface area contributed by atoms with Crippen molar-refractivity contribution >= 4 is 23.1 Å². The molecule has 0 aliphatic heterocycles. The fraction of sp³-hybridized carbons (Fsp3) is 0.231. The molecule has 1 N–H and O–H groups in total. The summed E-state index contributed by atoms with van der Waals surface area (Å²) in [6, 6.07) is 7.33. The molecule has 2 aromatic rings. The van der Waals surface area contributed by atoms with E-state index < -0.39 is 4.92 Å². The van der Waals surface area contributed by atoms with Crippen molar-refractivity contribution in [1.29, 1.82) is 0 Å². The van der Waals surface area contributed by atoms with Crippen LogP contribution in [0.25, 0.3) is 0 Å². The van der Waals surface area contributed by atoms with Gasteiger partial charge in [-0.1, -0.05) is 12.1 Å². The van der Waals surface area contributed by atoms with Gasteiger partial charge in [-0.25, -0.2) is 4.98 Å². The largest absolute Gasteiger partial charge is 0.497 e. The first kappa shape index (κ1) is 15.0. The molecule has 0 saturated carbocycles. The fourth-order valence-corrected chi connectivity index (χ4v) is 2.02. The standard InChI is InChI=1S/C13H13ClN4O3/c1-8-11(18(19)20)12(17-13(14)16-8)15-7-9-3-5-10(21-2)6-4-9/h3-6H,7H2,1-2H3,(H,15,16,17). The molecule has 7 nitrogen and oxygen atoms in total. The van der Waals surface area contributed by atoms with Crippen LogP contribution in [0.1, 0.15) is 11.3 Å². The minimum atomic E-state index is -0.526. The lowest BCUT2D eigenvalue weighted by atomic mass is 10.2. The number of nitrogens with zero attached hydrogens (tertiary/aromatic N) is 3. The molecule has 0 amide bonds. The van der Waals surface area contributed by atoms with Gasteiger partial charge in [-0.2, -0.15) is 4.98 Å². The van der Waals surface area contributed by atoms with Crippen molar-refractivity contribution in [2.45, 2.75) is 13.5 Å². The Morgan fingerprint density at radius 1 is 1.33 bits per heavy atom. The summed E-state index contributed by atoms with van der Waals surface area (Å²) in [6.45, 7) is 1.89. The summed E-state index contributed by atoms with van der Waals surface area (Å²) >= 11 is 5.75. The highest BCUT2D eigenvalue weighted by Crippen LogP contribution is 2.27. The first-order valence-electron chi connectivity index (χ1n) is 6.06. The summed E-state index contributed by atoms with van der Waals surface area (Å²) in [7, 11) is 1.59. The van der Waals surface area contributed by atoms with Crippen molar-refractivity contribution in [3.8, 4) is 5.75 Å². The van der Waals surface area contributed by atoms with E-state index in [1.165, 1.54) is 6.92 Å². The maximum Gasteiger partial charge on any atom is 0.332 e. The highest BCUT2D eigenvalue weighted by atomic mass is 35.5. The predicted octanol–water partition coefficient (Wildman–Crippen LogP) is 2.97. The third-order valence-electron chi connectivity index (χ3n) is 2.83. The minimum absolute atomic E-state index is 0.0321. The van der Waals surface area contributed by atoms with Crippen LogP contribution in [0.2, 0.25) is 5.28 Å². The maximum absolute atomic E-state index is 11.1. The third-order valence-corrected chi connectivity index (χ3v) is 3.00. The lowest BCUT2D eigenvalue weighted by Crippen LogP contribution is -2.07. The average Bonchev–Trinajstić information content (AvgIpc) is 2.44. The molecule has 21 heavy (non-hydrogen) atoms. The number of aromatic nitrogens is 2. The molecule has 0 atom stereocenters. The van der Waals surface area contributed by atoms with Crippen LogP contribution in [0, 0.1) is 17.0 Å². The smallest absolute Gasteiger partial charge is 0.332 e. The topological polar surface area (TPSA) is 90.2 Å². The molecular formula is C13H13ClN4O3. The molecule has 110 valence electrons. The Bertz CT molecular complexity index is 661. The van der Waals surface area contributed by atoms with E-state index in [1.54, 1.807) is 7.11 Å². The molecule has 8 heteroatoms. The number of hydrogen-bond donors (Lipinski definition) is 1. The van der Waals surface area contributed by atoms with E-state index >= 15 is 0 Å².